The first-order chi connectivity index (χ1) is 24.2. The van der Waals surface area contributed by atoms with Crippen LogP contribution < -0.4 is 0 Å². The van der Waals surface area contributed by atoms with Crippen molar-refractivity contribution >= 4 is 24.0 Å². The summed E-state index contributed by atoms with van der Waals surface area (Å²) < 4.78 is 10.7. The number of rotatable bonds is 12. The zero-order valence-electron chi connectivity index (χ0n) is 27.3. The van der Waals surface area contributed by atoms with E-state index in [-0.39, 0.29) is 37.6 Å². The van der Waals surface area contributed by atoms with Crippen molar-refractivity contribution in [3.8, 4) is 11.5 Å². The highest BCUT2D eigenvalue weighted by Crippen LogP contribution is 2.27. The van der Waals surface area contributed by atoms with Crippen LogP contribution >= 0.6 is 0 Å². The van der Waals surface area contributed by atoms with Gasteiger partial charge in [0.25, 0.3) is 0 Å². The predicted octanol–water partition coefficient (Wildman–Crippen LogP) is 5.85. The minimum atomic E-state index is -0.899. The first kappa shape index (κ1) is 34.0. The Morgan fingerprint density at radius 3 is 1.30 bits per heavy atom. The van der Waals surface area contributed by atoms with Crippen LogP contribution in [-0.4, -0.2) is 69.3 Å². The molecule has 2 aliphatic heterocycles. The second-order valence-corrected chi connectivity index (χ2v) is 12.6. The molecule has 0 saturated carbocycles. The van der Waals surface area contributed by atoms with E-state index in [4.69, 9.17) is 9.47 Å². The van der Waals surface area contributed by atoms with Crippen molar-refractivity contribution < 1.29 is 38.9 Å². The van der Waals surface area contributed by atoms with Gasteiger partial charge < -0.3 is 19.7 Å². The number of amides is 4. The van der Waals surface area contributed by atoms with Gasteiger partial charge in [-0.2, -0.15) is 0 Å². The molecule has 4 aromatic rings. The van der Waals surface area contributed by atoms with Gasteiger partial charge in [0.05, 0.1) is 23.9 Å². The molecule has 256 valence electrons. The molecular formula is C40H38N2O8. The number of nitrogens with zero attached hydrogens (tertiary/aromatic N) is 2. The standard InChI is InChI=1S/C40H38N2O8/c43-35-17-11-29(12-18-35)21-31(37(45)41-33(25-49-39(41)47)23-27-7-3-1-4-8-27)15-16-32(22-30-13-19-36(44)20-14-30)38(46)42-34(26-50-40(42)48)24-28-9-5-2-6-10-28/h1-20,31-34,43-44H,21-26H2/b16-15+/t31-,32-,33+,34+/m1/s1. The van der Waals surface area contributed by atoms with Crippen LogP contribution in [0.15, 0.2) is 121 Å². The van der Waals surface area contributed by atoms with Crippen LogP contribution in [0.4, 0.5) is 9.59 Å². The molecule has 0 unspecified atom stereocenters. The minimum absolute atomic E-state index is 0.0525. The molecule has 4 amide bonds. The molecular weight excluding hydrogens is 636 g/mol. The number of hydrogen-bond acceptors (Lipinski definition) is 8. The van der Waals surface area contributed by atoms with Crippen molar-refractivity contribution in [2.75, 3.05) is 13.2 Å². The molecule has 0 radical (unpaired) electrons. The second kappa shape index (κ2) is 15.5. The average molecular weight is 675 g/mol. The van der Waals surface area contributed by atoms with Crippen LogP contribution in [0, 0.1) is 11.8 Å². The molecule has 10 heteroatoms. The summed E-state index contributed by atoms with van der Waals surface area (Å²) in [7, 11) is 0. The molecule has 50 heavy (non-hydrogen) atoms. The summed E-state index contributed by atoms with van der Waals surface area (Å²) in [5, 5.41) is 19.7. The van der Waals surface area contributed by atoms with E-state index in [9.17, 15) is 29.4 Å². The third-order valence-electron chi connectivity index (χ3n) is 9.02. The fourth-order valence-corrected chi connectivity index (χ4v) is 6.41. The Balaban J connectivity index is 1.32. The summed E-state index contributed by atoms with van der Waals surface area (Å²) in [6, 6.07) is 30.8. The largest absolute Gasteiger partial charge is 0.508 e. The predicted molar refractivity (Wildman–Crippen MR) is 184 cm³/mol. The van der Waals surface area contributed by atoms with Crippen molar-refractivity contribution in [2.45, 2.75) is 37.8 Å². The summed E-state index contributed by atoms with van der Waals surface area (Å²) in [5.74, 6) is -2.64. The quantitative estimate of drug-likeness (QED) is 0.179. The number of phenolic OH excluding ortho intramolecular Hbond substituents is 2. The summed E-state index contributed by atoms with van der Waals surface area (Å²) >= 11 is 0. The topological polar surface area (TPSA) is 134 Å². The zero-order chi connectivity index (χ0) is 35.0. The number of carbonyl (C=O) groups excluding carboxylic acids is 4. The minimum Gasteiger partial charge on any atom is -0.508 e. The van der Waals surface area contributed by atoms with Gasteiger partial charge >= 0.3 is 12.2 Å². The Morgan fingerprint density at radius 2 is 0.940 bits per heavy atom. The summed E-state index contributed by atoms with van der Waals surface area (Å²) in [6.07, 6.45) is 2.93. The highest BCUT2D eigenvalue weighted by atomic mass is 16.6. The highest BCUT2D eigenvalue weighted by Gasteiger charge is 2.42. The van der Waals surface area contributed by atoms with Crippen molar-refractivity contribution in [1.82, 2.24) is 9.80 Å². The Bertz CT molecular complexity index is 1690. The van der Waals surface area contributed by atoms with Crippen molar-refractivity contribution in [2.24, 2.45) is 11.8 Å². The summed E-state index contributed by atoms with van der Waals surface area (Å²) in [5.41, 5.74) is 3.35. The molecule has 0 aromatic heterocycles. The lowest BCUT2D eigenvalue weighted by molar-refractivity contribution is -0.133. The van der Waals surface area contributed by atoms with Crippen LogP contribution in [0.2, 0.25) is 0 Å². The van der Waals surface area contributed by atoms with Gasteiger partial charge in [-0.3, -0.25) is 9.59 Å². The third kappa shape index (κ3) is 8.20. The molecule has 2 fully saturated rings. The number of hydrogen-bond donors (Lipinski definition) is 2. The highest BCUT2D eigenvalue weighted by molar-refractivity contribution is 5.97. The molecule has 10 nitrogen and oxygen atoms in total. The third-order valence-corrected chi connectivity index (χ3v) is 9.02. The molecule has 4 atom stereocenters. The molecule has 0 bridgehead atoms. The molecule has 0 aliphatic carbocycles. The number of imide groups is 2. The number of phenols is 2. The second-order valence-electron chi connectivity index (χ2n) is 12.6. The van der Waals surface area contributed by atoms with E-state index in [1.807, 2.05) is 60.7 Å². The van der Waals surface area contributed by atoms with E-state index in [0.717, 1.165) is 32.1 Å². The maximum atomic E-state index is 14.3. The number of cyclic esters (lactones) is 2. The van der Waals surface area contributed by atoms with E-state index in [1.54, 1.807) is 36.4 Å². The van der Waals surface area contributed by atoms with Crippen molar-refractivity contribution in [3.05, 3.63) is 144 Å². The van der Waals surface area contributed by atoms with Crippen molar-refractivity contribution in [1.29, 1.82) is 0 Å². The van der Waals surface area contributed by atoms with E-state index < -0.39 is 47.9 Å². The van der Waals surface area contributed by atoms with Gasteiger partial charge in [0.15, 0.2) is 0 Å². The van der Waals surface area contributed by atoms with Gasteiger partial charge in [-0.1, -0.05) is 97.1 Å². The van der Waals surface area contributed by atoms with E-state index >= 15 is 0 Å². The average Bonchev–Trinajstić information content (AvgIpc) is 3.68. The summed E-state index contributed by atoms with van der Waals surface area (Å²) in [4.78, 5) is 57.0. The fourth-order valence-electron chi connectivity index (χ4n) is 6.41. The molecule has 2 N–H and O–H groups in total. The number of benzene rings is 4. The van der Waals surface area contributed by atoms with E-state index in [1.165, 1.54) is 24.3 Å². The first-order valence-corrected chi connectivity index (χ1v) is 16.6. The van der Waals surface area contributed by atoms with Gasteiger partial charge in [-0.15, -0.1) is 0 Å². The number of aromatic hydroxyl groups is 2. The molecule has 2 saturated heterocycles. The normalized spacial score (nSPS) is 18.6. The Hall–Kier alpha value is -5.90. The maximum Gasteiger partial charge on any atom is 0.417 e. The molecule has 0 spiro atoms. The summed E-state index contributed by atoms with van der Waals surface area (Å²) in [6.45, 7) is 0.105. The fraction of sp³-hybridized carbons (Fsp3) is 0.250. The van der Waals surface area contributed by atoms with Crippen LogP contribution in [0.5, 0.6) is 11.5 Å². The Morgan fingerprint density at radius 1 is 0.580 bits per heavy atom. The molecule has 2 heterocycles. The lowest BCUT2D eigenvalue weighted by Crippen LogP contribution is -2.44. The van der Waals surface area contributed by atoms with Crippen LogP contribution in [0.3, 0.4) is 0 Å². The number of carbonyl (C=O) groups is 4. The lowest BCUT2D eigenvalue weighted by atomic mass is 9.91. The van der Waals surface area contributed by atoms with Crippen LogP contribution in [0.25, 0.3) is 0 Å². The van der Waals surface area contributed by atoms with E-state index in [2.05, 4.69) is 0 Å². The molecule has 4 aromatic carbocycles. The molecule has 6 rings (SSSR count). The smallest absolute Gasteiger partial charge is 0.417 e. The van der Waals surface area contributed by atoms with Gasteiger partial charge in [-0.05, 0) is 72.2 Å². The SMILES string of the molecule is O=C1OC[C@H](Cc2ccccc2)N1C(=O)[C@H](/C=C/[C@H](Cc1ccc(O)cc1)C(=O)N1C(=O)OC[C@@H]1Cc1ccccc1)Cc1ccc(O)cc1. The Kier molecular flexibility index (Phi) is 10.6. The van der Waals surface area contributed by atoms with Gasteiger partial charge in [-0.25, -0.2) is 19.4 Å². The zero-order valence-corrected chi connectivity index (χ0v) is 27.3. The maximum absolute atomic E-state index is 14.3. The van der Waals surface area contributed by atoms with Crippen LogP contribution in [-0.2, 0) is 44.7 Å². The Labute approximate surface area is 290 Å². The van der Waals surface area contributed by atoms with Crippen LogP contribution in [0.1, 0.15) is 22.3 Å². The monoisotopic (exact) mass is 674 g/mol. The van der Waals surface area contributed by atoms with Gasteiger partial charge in [0.2, 0.25) is 11.8 Å². The van der Waals surface area contributed by atoms with Gasteiger partial charge in [0.1, 0.15) is 24.7 Å². The van der Waals surface area contributed by atoms with Crippen molar-refractivity contribution in [3.63, 3.8) is 0 Å². The van der Waals surface area contributed by atoms with Gasteiger partial charge in [0, 0.05) is 0 Å². The lowest BCUT2D eigenvalue weighted by Gasteiger charge is -2.25. The first-order valence-electron chi connectivity index (χ1n) is 16.6. The molecule has 2 aliphatic rings. The number of ether oxygens (including phenoxy) is 2. The van der Waals surface area contributed by atoms with E-state index in [0.29, 0.717) is 12.8 Å².